The summed E-state index contributed by atoms with van der Waals surface area (Å²) in [6.45, 7) is 3.97. The van der Waals surface area contributed by atoms with Crippen LogP contribution in [0.3, 0.4) is 0 Å². The third kappa shape index (κ3) is 4.11. The predicted molar refractivity (Wildman–Crippen MR) is 88.0 cm³/mol. The molecule has 0 aliphatic rings. The van der Waals surface area contributed by atoms with Crippen LogP contribution in [0.1, 0.15) is 16.7 Å². The lowest BCUT2D eigenvalue weighted by Gasteiger charge is -2.08. The highest BCUT2D eigenvalue weighted by molar-refractivity contribution is 5.93. The second-order valence-electron chi connectivity index (χ2n) is 4.88. The lowest BCUT2D eigenvalue weighted by atomic mass is 10.1. The zero-order chi connectivity index (χ0) is 15.2. The highest BCUT2D eigenvalue weighted by Crippen LogP contribution is 2.19. The van der Waals surface area contributed by atoms with Gasteiger partial charge >= 0.3 is 6.03 Å². The lowest BCUT2D eigenvalue weighted by Crippen LogP contribution is -2.24. The summed E-state index contributed by atoms with van der Waals surface area (Å²) in [5.74, 6) is 0. The molecule has 2 amide bonds. The number of urea groups is 1. The van der Waals surface area contributed by atoms with E-state index in [0.29, 0.717) is 11.4 Å². The molecule has 0 aromatic heterocycles. The smallest absolute Gasteiger partial charge is 0.323 e. The molecule has 0 fully saturated rings. The van der Waals surface area contributed by atoms with E-state index in [1.807, 2.05) is 56.3 Å². The first-order chi connectivity index (χ1) is 10.1. The molecular weight excluding hydrogens is 262 g/mol. The first-order valence-electron chi connectivity index (χ1n) is 6.72. The van der Waals surface area contributed by atoms with Crippen molar-refractivity contribution in [3.8, 4) is 0 Å². The number of aryl methyl sites for hydroxylation is 2. The van der Waals surface area contributed by atoms with Crippen LogP contribution in [-0.4, -0.2) is 6.03 Å². The largest absolute Gasteiger partial charge is 0.397 e. The third-order valence-electron chi connectivity index (χ3n) is 3.12. The summed E-state index contributed by atoms with van der Waals surface area (Å²) in [5, 5.41) is 5.39. The molecule has 0 bridgehead atoms. The van der Waals surface area contributed by atoms with E-state index in [1.54, 1.807) is 12.3 Å². The molecule has 0 heterocycles. The number of nitrogens with two attached hydrogens (primary N) is 1. The molecule has 0 saturated carbocycles. The van der Waals surface area contributed by atoms with E-state index in [4.69, 9.17) is 5.73 Å². The molecule has 0 aliphatic carbocycles. The van der Waals surface area contributed by atoms with Crippen molar-refractivity contribution < 1.29 is 4.79 Å². The Labute approximate surface area is 124 Å². The maximum absolute atomic E-state index is 11.8. The van der Waals surface area contributed by atoms with Crippen molar-refractivity contribution in [3.63, 3.8) is 0 Å². The molecule has 4 heteroatoms. The standard InChI is InChI=1S/C17H19N3O/c1-12-7-8-15(18)16(11-12)20-17(21)19-10-9-14-6-4-3-5-13(14)2/h3-11H,18H2,1-2H3,(H2,19,20,21)/b10-9+. The van der Waals surface area contributed by atoms with Gasteiger partial charge in [0.1, 0.15) is 0 Å². The SMILES string of the molecule is Cc1ccc(N)c(NC(=O)N/C=C/c2ccccc2C)c1. The maximum atomic E-state index is 11.8. The Bertz CT molecular complexity index is 677. The number of rotatable bonds is 3. The van der Waals surface area contributed by atoms with Crippen molar-refractivity contribution in [1.29, 1.82) is 0 Å². The fraction of sp³-hybridized carbons (Fsp3) is 0.118. The van der Waals surface area contributed by atoms with Crippen LogP contribution in [0.25, 0.3) is 6.08 Å². The predicted octanol–water partition coefficient (Wildman–Crippen LogP) is 3.68. The van der Waals surface area contributed by atoms with Crippen molar-refractivity contribution in [3.05, 3.63) is 65.4 Å². The summed E-state index contributed by atoms with van der Waals surface area (Å²) in [7, 11) is 0. The van der Waals surface area contributed by atoms with Gasteiger partial charge in [-0.25, -0.2) is 4.79 Å². The Morgan fingerprint density at radius 2 is 1.90 bits per heavy atom. The highest BCUT2D eigenvalue weighted by atomic mass is 16.2. The van der Waals surface area contributed by atoms with Gasteiger partial charge in [-0.2, -0.15) is 0 Å². The molecule has 21 heavy (non-hydrogen) atoms. The Kier molecular flexibility index (Phi) is 4.61. The molecule has 0 aliphatic heterocycles. The molecule has 0 saturated heterocycles. The number of carbonyl (C=O) groups excluding carboxylic acids is 1. The molecule has 2 aromatic carbocycles. The maximum Gasteiger partial charge on any atom is 0.323 e. The van der Waals surface area contributed by atoms with Crippen LogP contribution in [0.4, 0.5) is 16.2 Å². The topological polar surface area (TPSA) is 67.1 Å². The first-order valence-corrected chi connectivity index (χ1v) is 6.72. The third-order valence-corrected chi connectivity index (χ3v) is 3.12. The van der Waals surface area contributed by atoms with Crippen LogP contribution in [0.2, 0.25) is 0 Å². The number of benzene rings is 2. The highest BCUT2D eigenvalue weighted by Gasteiger charge is 2.03. The minimum absolute atomic E-state index is 0.322. The van der Waals surface area contributed by atoms with Crippen LogP contribution >= 0.6 is 0 Å². The summed E-state index contributed by atoms with van der Waals surface area (Å²) in [6, 6.07) is 13.1. The monoisotopic (exact) mass is 281 g/mol. The molecule has 2 aromatic rings. The molecular formula is C17H19N3O. The summed E-state index contributed by atoms with van der Waals surface area (Å²) in [5.41, 5.74) is 10.2. The quantitative estimate of drug-likeness (QED) is 0.751. The van der Waals surface area contributed by atoms with Crippen LogP contribution in [0.15, 0.2) is 48.7 Å². The van der Waals surface area contributed by atoms with Crippen LogP contribution in [0, 0.1) is 13.8 Å². The molecule has 0 unspecified atom stereocenters. The summed E-state index contributed by atoms with van der Waals surface area (Å²) >= 11 is 0. The fourth-order valence-electron chi connectivity index (χ4n) is 1.92. The van der Waals surface area contributed by atoms with Crippen molar-refractivity contribution >= 4 is 23.5 Å². The van der Waals surface area contributed by atoms with E-state index in [9.17, 15) is 4.79 Å². The van der Waals surface area contributed by atoms with Crippen LogP contribution in [0.5, 0.6) is 0 Å². The van der Waals surface area contributed by atoms with Crippen molar-refractivity contribution in [2.75, 3.05) is 11.1 Å². The molecule has 4 nitrogen and oxygen atoms in total. The summed E-state index contributed by atoms with van der Waals surface area (Å²) < 4.78 is 0. The number of nitrogen functional groups attached to an aromatic ring is 1. The zero-order valence-corrected chi connectivity index (χ0v) is 12.2. The fourth-order valence-corrected chi connectivity index (χ4v) is 1.92. The van der Waals surface area contributed by atoms with Gasteiger partial charge in [-0.05, 0) is 48.7 Å². The van der Waals surface area contributed by atoms with Crippen molar-refractivity contribution in [2.45, 2.75) is 13.8 Å². The molecule has 4 N–H and O–H groups in total. The normalized spacial score (nSPS) is 10.6. The van der Waals surface area contributed by atoms with Crippen molar-refractivity contribution in [2.24, 2.45) is 0 Å². The number of hydrogen-bond acceptors (Lipinski definition) is 2. The van der Waals surface area contributed by atoms with Gasteiger partial charge in [-0.15, -0.1) is 0 Å². The Morgan fingerprint density at radius 3 is 2.67 bits per heavy atom. The van der Waals surface area contributed by atoms with Crippen molar-refractivity contribution in [1.82, 2.24) is 5.32 Å². The molecule has 0 atom stereocenters. The molecule has 0 radical (unpaired) electrons. The van der Waals surface area contributed by atoms with Gasteiger partial charge in [-0.3, -0.25) is 0 Å². The van der Waals surface area contributed by atoms with Gasteiger partial charge < -0.3 is 16.4 Å². The number of hydrogen-bond donors (Lipinski definition) is 3. The van der Waals surface area contributed by atoms with Crippen LogP contribution < -0.4 is 16.4 Å². The summed E-state index contributed by atoms with van der Waals surface area (Å²) in [4.78, 5) is 11.8. The minimum Gasteiger partial charge on any atom is -0.397 e. The number of carbonyl (C=O) groups is 1. The Morgan fingerprint density at radius 1 is 1.14 bits per heavy atom. The Balaban J connectivity index is 1.96. The van der Waals surface area contributed by atoms with E-state index in [-0.39, 0.29) is 6.03 Å². The van der Waals surface area contributed by atoms with E-state index in [2.05, 4.69) is 10.6 Å². The van der Waals surface area contributed by atoms with Gasteiger partial charge in [0.2, 0.25) is 0 Å². The average molecular weight is 281 g/mol. The van der Waals surface area contributed by atoms with Gasteiger partial charge in [0.15, 0.2) is 0 Å². The first kappa shape index (κ1) is 14.7. The zero-order valence-electron chi connectivity index (χ0n) is 12.2. The lowest BCUT2D eigenvalue weighted by molar-refractivity contribution is 0.255. The van der Waals surface area contributed by atoms with Gasteiger partial charge in [-0.1, -0.05) is 30.3 Å². The molecule has 2 rings (SSSR count). The second-order valence-corrected chi connectivity index (χ2v) is 4.88. The van der Waals surface area contributed by atoms with E-state index < -0.39 is 0 Å². The number of amides is 2. The number of nitrogens with one attached hydrogen (secondary N) is 2. The molecule has 108 valence electrons. The second kappa shape index (κ2) is 6.61. The minimum atomic E-state index is -0.322. The average Bonchev–Trinajstić information content (AvgIpc) is 2.45. The summed E-state index contributed by atoms with van der Waals surface area (Å²) in [6.07, 6.45) is 3.47. The van der Waals surface area contributed by atoms with Crippen LogP contribution in [-0.2, 0) is 0 Å². The number of anilines is 2. The van der Waals surface area contributed by atoms with Gasteiger partial charge in [0.25, 0.3) is 0 Å². The van der Waals surface area contributed by atoms with E-state index in [0.717, 1.165) is 16.7 Å². The Hall–Kier alpha value is -2.75. The van der Waals surface area contributed by atoms with Gasteiger partial charge in [0, 0.05) is 6.20 Å². The van der Waals surface area contributed by atoms with E-state index in [1.165, 1.54) is 0 Å². The van der Waals surface area contributed by atoms with Gasteiger partial charge in [0.05, 0.1) is 11.4 Å². The van der Waals surface area contributed by atoms with E-state index >= 15 is 0 Å². The molecule has 0 spiro atoms.